The summed E-state index contributed by atoms with van der Waals surface area (Å²) in [5, 5.41) is 17.8. The second-order valence-electron chi connectivity index (χ2n) is 3.00. The molecule has 0 radical (unpaired) electrons. The Morgan fingerprint density at radius 2 is 2.38 bits per heavy atom. The molecule has 2 rings (SSSR count). The summed E-state index contributed by atoms with van der Waals surface area (Å²) >= 11 is 0. The summed E-state index contributed by atoms with van der Waals surface area (Å²) in [6, 6.07) is 7.14. The van der Waals surface area contributed by atoms with Crippen molar-refractivity contribution in [2.24, 2.45) is 0 Å². The number of nitrogens with zero attached hydrogens (tertiary/aromatic N) is 1. The molecule has 1 aliphatic heterocycles. The fourth-order valence-corrected chi connectivity index (χ4v) is 1.45. The molecule has 1 aliphatic rings. The van der Waals surface area contributed by atoms with Gasteiger partial charge in [0.2, 0.25) is 0 Å². The first-order chi connectivity index (χ1) is 6.31. The molecule has 0 amide bonds. The number of hydrogen-bond acceptors (Lipinski definition) is 3. The maximum atomic E-state index is 9.26. The van der Waals surface area contributed by atoms with Gasteiger partial charge in [-0.05, 0) is 23.3 Å². The van der Waals surface area contributed by atoms with Crippen LogP contribution in [0.25, 0.3) is 0 Å². The van der Waals surface area contributed by atoms with Crippen molar-refractivity contribution < 1.29 is 9.84 Å². The Bertz CT molecular complexity index is 368. The summed E-state index contributed by atoms with van der Waals surface area (Å²) in [7, 11) is 0. The van der Waals surface area contributed by atoms with Gasteiger partial charge in [-0.3, -0.25) is 0 Å². The van der Waals surface area contributed by atoms with E-state index in [1.807, 2.05) is 6.07 Å². The van der Waals surface area contributed by atoms with Gasteiger partial charge in [-0.25, -0.2) is 0 Å². The topological polar surface area (TPSA) is 53.2 Å². The van der Waals surface area contributed by atoms with Gasteiger partial charge < -0.3 is 9.84 Å². The maximum absolute atomic E-state index is 9.26. The van der Waals surface area contributed by atoms with Gasteiger partial charge in [0.1, 0.15) is 5.75 Å². The molecule has 1 aromatic carbocycles. The number of fused-ring (bicyclic) bond motifs is 1. The van der Waals surface area contributed by atoms with Crippen LogP contribution in [0.2, 0.25) is 0 Å². The standard InChI is InChI=1S/C10H9NO2/c11-6-9(12)7-1-2-10-8(5-7)3-4-13-10/h1-2,5,9,12H,3-4H2. The van der Waals surface area contributed by atoms with E-state index >= 15 is 0 Å². The van der Waals surface area contributed by atoms with Gasteiger partial charge in [-0.1, -0.05) is 6.07 Å². The highest BCUT2D eigenvalue weighted by molar-refractivity contribution is 5.41. The van der Waals surface area contributed by atoms with E-state index in [1.165, 1.54) is 0 Å². The lowest BCUT2D eigenvalue weighted by Gasteiger charge is -2.03. The number of ether oxygens (including phenoxy) is 1. The lowest BCUT2D eigenvalue weighted by atomic mass is 10.1. The lowest BCUT2D eigenvalue weighted by Crippen LogP contribution is -1.93. The number of rotatable bonds is 1. The summed E-state index contributed by atoms with van der Waals surface area (Å²) in [4.78, 5) is 0. The minimum Gasteiger partial charge on any atom is -0.493 e. The van der Waals surface area contributed by atoms with Crippen molar-refractivity contribution in [2.75, 3.05) is 6.61 Å². The van der Waals surface area contributed by atoms with E-state index < -0.39 is 6.10 Å². The minimum atomic E-state index is -1.02. The van der Waals surface area contributed by atoms with Crippen LogP contribution in [0.1, 0.15) is 17.2 Å². The summed E-state index contributed by atoms with van der Waals surface area (Å²) in [5.74, 6) is 0.869. The molecule has 0 aromatic heterocycles. The summed E-state index contributed by atoms with van der Waals surface area (Å²) in [6.07, 6.45) is -0.160. The van der Waals surface area contributed by atoms with Crippen molar-refractivity contribution in [2.45, 2.75) is 12.5 Å². The van der Waals surface area contributed by atoms with Crippen LogP contribution in [-0.4, -0.2) is 11.7 Å². The zero-order valence-corrected chi connectivity index (χ0v) is 7.03. The lowest BCUT2D eigenvalue weighted by molar-refractivity contribution is 0.236. The van der Waals surface area contributed by atoms with Gasteiger partial charge in [0, 0.05) is 6.42 Å². The van der Waals surface area contributed by atoms with Crippen LogP contribution < -0.4 is 4.74 Å². The van der Waals surface area contributed by atoms with Gasteiger partial charge in [-0.15, -0.1) is 0 Å². The monoisotopic (exact) mass is 175 g/mol. The maximum Gasteiger partial charge on any atom is 0.165 e. The summed E-state index contributed by atoms with van der Waals surface area (Å²) in [6.45, 7) is 0.696. The van der Waals surface area contributed by atoms with Crippen molar-refractivity contribution in [1.82, 2.24) is 0 Å². The largest absolute Gasteiger partial charge is 0.493 e. The second-order valence-corrected chi connectivity index (χ2v) is 3.00. The molecule has 1 unspecified atom stereocenters. The Labute approximate surface area is 76.2 Å². The van der Waals surface area contributed by atoms with Gasteiger partial charge in [0.15, 0.2) is 6.10 Å². The van der Waals surface area contributed by atoms with Crippen LogP contribution in [0.3, 0.4) is 0 Å². The highest BCUT2D eigenvalue weighted by Gasteiger charge is 2.14. The summed E-state index contributed by atoms with van der Waals surface area (Å²) in [5.41, 5.74) is 1.72. The molecule has 0 saturated heterocycles. The Balaban J connectivity index is 2.37. The third-order valence-electron chi connectivity index (χ3n) is 2.15. The van der Waals surface area contributed by atoms with E-state index in [1.54, 1.807) is 18.2 Å². The van der Waals surface area contributed by atoms with Crippen LogP contribution in [0.4, 0.5) is 0 Å². The highest BCUT2D eigenvalue weighted by Crippen LogP contribution is 2.27. The van der Waals surface area contributed by atoms with Crippen molar-refractivity contribution in [3.63, 3.8) is 0 Å². The Hall–Kier alpha value is -1.53. The van der Waals surface area contributed by atoms with Gasteiger partial charge in [0.05, 0.1) is 12.7 Å². The number of aliphatic hydroxyl groups excluding tert-OH is 1. The first kappa shape index (κ1) is 8.09. The zero-order chi connectivity index (χ0) is 9.26. The molecule has 1 heterocycles. The normalized spacial score (nSPS) is 15.7. The number of hydrogen-bond donors (Lipinski definition) is 1. The molecule has 13 heavy (non-hydrogen) atoms. The van der Waals surface area contributed by atoms with Crippen molar-refractivity contribution in [1.29, 1.82) is 5.26 Å². The van der Waals surface area contributed by atoms with Crippen molar-refractivity contribution >= 4 is 0 Å². The predicted octanol–water partition coefficient (Wildman–Crippen LogP) is 1.18. The van der Waals surface area contributed by atoms with E-state index in [2.05, 4.69) is 0 Å². The summed E-state index contributed by atoms with van der Waals surface area (Å²) < 4.78 is 5.30. The van der Waals surface area contributed by atoms with Crippen molar-refractivity contribution in [3.05, 3.63) is 29.3 Å². The number of benzene rings is 1. The molecule has 0 saturated carbocycles. The van der Waals surface area contributed by atoms with E-state index in [0.29, 0.717) is 12.2 Å². The quantitative estimate of drug-likeness (QED) is 0.652. The zero-order valence-electron chi connectivity index (χ0n) is 7.03. The molecule has 0 fully saturated rings. The molecule has 0 bridgehead atoms. The number of aliphatic hydroxyl groups is 1. The first-order valence-corrected chi connectivity index (χ1v) is 4.14. The molecule has 3 heteroatoms. The average Bonchev–Trinajstić information content (AvgIpc) is 2.63. The van der Waals surface area contributed by atoms with Gasteiger partial charge >= 0.3 is 0 Å². The molecule has 66 valence electrons. The van der Waals surface area contributed by atoms with Crippen LogP contribution in [0.15, 0.2) is 18.2 Å². The fourth-order valence-electron chi connectivity index (χ4n) is 1.45. The van der Waals surface area contributed by atoms with Gasteiger partial charge in [-0.2, -0.15) is 5.26 Å². The predicted molar refractivity (Wildman–Crippen MR) is 46.2 cm³/mol. The van der Waals surface area contributed by atoms with E-state index in [-0.39, 0.29) is 0 Å². The molecule has 1 atom stereocenters. The minimum absolute atomic E-state index is 0.645. The SMILES string of the molecule is N#CC(O)c1ccc2c(c1)CCO2. The smallest absolute Gasteiger partial charge is 0.165 e. The molecular weight excluding hydrogens is 166 g/mol. The van der Waals surface area contributed by atoms with E-state index in [4.69, 9.17) is 10.00 Å². The van der Waals surface area contributed by atoms with Crippen LogP contribution in [0.5, 0.6) is 5.75 Å². The Kier molecular flexibility index (Phi) is 1.91. The molecule has 0 spiro atoms. The van der Waals surface area contributed by atoms with Crippen LogP contribution in [-0.2, 0) is 6.42 Å². The second kappa shape index (κ2) is 3.08. The average molecular weight is 175 g/mol. The first-order valence-electron chi connectivity index (χ1n) is 4.14. The molecule has 3 nitrogen and oxygen atoms in total. The van der Waals surface area contributed by atoms with E-state index in [0.717, 1.165) is 17.7 Å². The van der Waals surface area contributed by atoms with Crippen LogP contribution >= 0.6 is 0 Å². The fraction of sp³-hybridized carbons (Fsp3) is 0.300. The van der Waals surface area contributed by atoms with Crippen molar-refractivity contribution in [3.8, 4) is 11.8 Å². The molecular formula is C10H9NO2. The number of nitriles is 1. The third kappa shape index (κ3) is 1.36. The molecule has 0 aliphatic carbocycles. The van der Waals surface area contributed by atoms with Crippen LogP contribution in [0, 0.1) is 11.3 Å². The van der Waals surface area contributed by atoms with Gasteiger partial charge in [0.25, 0.3) is 0 Å². The Morgan fingerprint density at radius 1 is 1.54 bits per heavy atom. The van der Waals surface area contributed by atoms with E-state index in [9.17, 15) is 5.11 Å². The third-order valence-corrected chi connectivity index (χ3v) is 2.15. The highest BCUT2D eigenvalue weighted by atomic mass is 16.5. The molecule has 1 aromatic rings. The molecule has 1 N–H and O–H groups in total. The Morgan fingerprint density at radius 3 is 3.15 bits per heavy atom.